The molecule has 0 spiro atoms. The topological polar surface area (TPSA) is 108 Å². The quantitative estimate of drug-likeness (QED) is 0.237. The van der Waals surface area contributed by atoms with Crippen molar-refractivity contribution in [3.8, 4) is 17.4 Å². The molecule has 31 heavy (non-hydrogen) atoms. The Hall–Kier alpha value is -2.55. The van der Waals surface area contributed by atoms with Crippen molar-refractivity contribution in [3.05, 3.63) is 47.7 Å². The molecule has 0 bridgehead atoms. The molecular weight excluding hydrogens is 410 g/mol. The molecule has 3 N–H and O–H groups in total. The van der Waals surface area contributed by atoms with E-state index in [1.54, 1.807) is 30.5 Å². The fourth-order valence-corrected chi connectivity index (χ4v) is 3.51. The van der Waals surface area contributed by atoms with Gasteiger partial charge in [-0.05, 0) is 36.6 Å². The van der Waals surface area contributed by atoms with Gasteiger partial charge in [-0.2, -0.15) is 0 Å². The summed E-state index contributed by atoms with van der Waals surface area (Å²) in [5, 5.41) is 26.5. The minimum Gasteiger partial charge on any atom is -0.508 e. The van der Waals surface area contributed by atoms with Gasteiger partial charge in [0.05, 0.1) is 5.71 Å². The molecule has 0 fully saturated rings. The number of aliphatic hydroxyl groups excluding tert-OH is 1. The second kappa shape index (κ2) is 12.3. The molecule has 2 rings (SSSR count). The van der Waals surface area contributed by atoms with Gasteiger partial charge in [0.1, 0.15) is 18.2 Å². The van der Waals surface area contributed by atoms with Crippen LogP contribution in [0, 0.1) is 5.41 Å². The number of phenolic OH excluding ortho intramolecular Hbond substituents is 1. The number of nitrogens with one attached hydrogen (secondary N) is 1. The van der Waals surface area contributed by atoms with Crippen molar-refractivity contribution in [2.45, 2.75) is 44.9 Å². The molecule has 8 heteroatoms. The van der Waals surface area contributed by atoms with E-state index in [2.05, 4.69) is 29.6 Å². The summed E-state index contributed by atoms with van der Waals surface area (Å²) in [4.78, 5) is 8.82. The number of phenols is 1. The van der Waals surface area contributed by atoms with Crippen LogP contribution in [-0.2, 0) is 11.2 Å². The van der Waals surface area contributed by atoms with Crippen LogP contribution in [0.1, 0.15) is 24.0 Å². The average Bonchev–Trinajstić information content (AvgIpc) is 2.72. The molecule has 7 nitrogen and oxygen atoms in total. The third-order valence-electron chi connectivity index (χ3n) is 4.59. The summed E-state index contributed by atoms with van der Waals surface area (Å²) in [5.74, 6) is 1.01. The van der Waals surface area contributed by atoms with E-state index in [-0.39, 0.29) is 19.1 Å². The van der Waals surface area contributed by atoms with Gasteiger partial charge in [-0.3, -0.25) is 4.99 Å². The van der Waals surface area contributed by atoms with Crippen LogP contribution in [-0.4, -0.2) is 55.1 Å². The summed E-state index contributed by atoms with van der Waals surface area (Å²) in [6.07, 6.45) is 4.58. The number of aryl methyl sites for hydroxylation is 1. The van der Waals surface area contributed by atoms with Gasteiger partial charge in [-0.25, -0.2) is 4.98 Å². The molecule has 168 valence electrons. The number of rotatable bonds is 13. The number of benzene rings is 1. The molecule has 2 aromatic rings. The van der Waals surface area contributed by atoms with Crippen LogP contribution in [0.2, 0.25) is 25.7 Å². The zero-order valence-electron chi connectivity index (χ0n) is 18.6. The SMILES string of the molecule is C[Si](C)(C)CCOCN=C(CC=N)c1ccc(Oc2ccc(CCCO)c(O)c2)nc1. The van der Waals surface area contributed by atoms with E-state index >= 15 is 0 Å². The van der Waals surface area contributed by atoms with Crippen LogP contribution in [0.25, 0.3) is 0 Å². The lowest BCUT2D eigenvalue weighted by Crippen LogP contribution is -2.21. The predicted molar refractivity (Wildman–Crippen MR) is 127 cm³/mol. The Kier molecular flexibility index (Phi) is 9.84. The number of aliphatic imine (C=N–C) groups is 1. The summed E-state index contributed by atoms with van der Waals surface area (Å²) in [5.41, 5.74) is 2.32. The Labute approximate surface area is 185 Å². The Morgan fingerprint density at radius 2 is 2.03 bits per heavy atom. The smallest absolute Gasteiger partial charge is 0.219 e. The zero-order chi connectivity index (χ0) is 22.7. The minimum atomic E-state index is -1.12. The number of nitrogens with zero attached hydrogens (tertiary/aromatic N) is 2. The highest BCUT2D eigenvalue weighted by molar-refractivity contribution is 6.76. The lowest BCUT2D eigenvalue weighted by atomic mass is 10.1. The molecule has 0 saturated carbocycles. The van der Waals surface area contributed by atoms with Gasteiger partial charge in [0.25, 0.3) is 0 Å². The van der Waals surface area contributed by atoms with Crippen molar-refractivity contribution in [3.63, 3.8) is 0 Å². The van der Waals surface area contributed by atoms with Gasteiger partial charge in [-0.15, -0.1) is 0 Å². The van der Waals surface area contributed by atoms with Crippen LogP contribution in [0.4, 0.5) is 0 Å². The number of aliphatic hydroxyl groups is 1. The summed E-state index contributed by atoms with van der Waals surface area (Å²) in [6, 6.07) is 9.77. The lowest BCUT2D eigenvalue weighted by molar-refractivity contribution is 0.155. The number of pyridine rings is 1. The monoisotopic (exact) mass is 443 g/mol. The van der Waals surface area contributed by atoms with E-state index in [0.717, 1.165) is 22.9 Å². The highest BCUT2D eigenvalue weighted by Crippen LogP contribution is 2.27. The Balaban J connectivity index is 1.99. The first-order valence-corrected chi connectivity index (χ1v) is 14.2. The molecule has 0 aliphatic carbocycles. The maximum absolute atomic E-state index is 10.1. The first kappa shape index (κ1) is 24.7. The van der Waals surface area contributed by atoms with E-state index in [1.807, 2.05) is 6.07 Å². The normalized spacial score (nSPS) is 12.1. The first-order valence-electron chi connectivity index (χ1n) is 10.5. The van der Waals surface area contributed by atoms with Gasteiger partial charge in [0.2, 0.25) is 5.88 Å². The molecule has 0 aliphatic heterocycles. The second-order valence-corrected chi connectivity index (χ2v) is 14.1. The van der Waals surface area contributed by atoms with Crippen molar-refractivity contribution in [2.24, 2.45) is 4.99 Å². The Morgan fingerprint density at radius 1 is 1.23 bits per heavy atom. The van der Waals surface area contributed by atoms with Crippen molar-refractivity contribution in [2.75, 3.05) is 19.9 Å². The maximum atomic E-state index is 10.1. The fourth-order valence-electron chi connectivity index (χ4n) is 2.76. The Bertz CT molecular complexity index is 864. The highest BCUT2D eigenvalue weighted by Gasteiger charge is 2.12. The van der Waals surface area contributed by atoms with E-state index in [0.29, 0.717) is 37.5 Å². The lowest BCUT2D eigenvalue weighted by Gasteiger charge is -2.14. The number of aromatic hydroxyl groups is 1. The molecule has 0 radical (unpaired) electrons. The second-order valence-electron chi connectivity index (χ2n) is 8.47. The molecule has 0 aliphatic rings. The van der Waals surface area contributed by atoms with Crippen molar-refractivity contribution in [1.82, 2.24) is 4.98 Å². The fraction of sp³-hybridized carbons (Fsp3) is 0.435. The van der Waals surface area contributed by atoms with Crippen LogP contribution < -0.4 is 4.74 Å². The number of hydrogen-bond acceptors (Lipinski definition) is 7. The van der Waals surface area contributed by atoms with Gasteiger partial charge in [-0.1, -0.05) is 25.7 Å². The average molecular weight is 444 g/mol. The standard InChI is InChI=1S/C23H33N3O4Si/c1-31(2,3)14-13-29-17-26-21(10-11-24)19-7-9-23(25-16-19)30-20-8-6-18(5-4-12-27)22(28)15-20/h6-9,11,15-16,24,27-28H,4-5,10,12-14,17H2,1-3H3. The van der Waals surface area contributed by atoms with Gasteiger partial charge in [0, 0.05) is 57.8 Å². The van der Waals surface area contributed by atoms with Gasteiger partial charge in [0.15, 0.2) is 0 Å². The highest BCUT2D eigenvalue weighted by atomic mass is 28.3. The van der Waals surface area contributed by atoms with E-state index in [1.165, 1.54) is 6.21 Å². The number of ether oxygens (including phenoxy) is 2. The largest absolute Gasteiger partial charge is 0.508 e. The molecular formula is C23H33N3O4Si. The molecule has 0 amide bonds. The predicted octanol–water partition coefficient (Wildman–Crippen LogP) is 4.65. The van der Waals surface area contributed by atoms with Gasteiger partial charge < -0.3 is 25.1 Å². The van der Waals surface area contributed by atoms with E-state index in [4.69, 9.17) is 20.0 Å². The molecule has 0 saturated heterocycles. The number of hydrogen-bond donors (Lipinski definition) is 3. The first-order chi connectivity index (χ1) is 14.8. The summed E-state index contributed by atoms with van der Waals surface area (Å²) in [7, 11) is -1.12. The summed E-state index contributed by atoms with van der Waals surface area (Å²) < 4.78 is 11.4. The van der Waals surface area contributed by atoms with Crippen molar-refractivity contribution in [1.29, 1.82) is 5.41 Å². The third-order valence-corrected chi connectivity index (χ3v) is 6.30. The summed E-state index contributed by atoms with van der Waals surface area (Å²) in [6.45, 7) is 7.98. The third kappa shape index (κ3) is 9.00. The number of aromatic nitrogens is 1. The molecule has 0 atom stereocenters. The van der Waals surface area contributed by atoms with Crippen LogP contribution in [0.15, 0.2) is 41.5 Å². The van der Waals surface area contributed by atoms with Crippen molar-refractivity contribution >= 4 is 20.0 Å². The van der Waals surface area contributed by atoms with Crippen LogP contribution >= 0.6 is 0 Å². The summed E-state index contributed by atoms with van der Waals surface area (Å²) >= 11 is 0. The minimum absolute atomic E-state index is 0.0851. The molecule has 0 unspecified atom stereocenters. The van der Waals surface area contributed by atoms with Crippen LogP contribution in [0.3, 0.4) is 0 Å². The van der Waals surface area contributed by atoms with Crippen molar-refractivity contribution < 1.29 is 19.7 Å². The molecule has 1 aromatic heterocycles. The molecule has 1 aromatic carbocycles. The van der Waals surface area contributed by atoms with Crippen LogP contribution in [0.5, 0.6) is 17.4 Å². The maximum Gasteiger partial charge on any atom is 0.219 e. The molecule has 1 heterocycles. The zero-order valence-corrected chi connectivity index (χ0v) is 19.6. The van der Waals surface area contributed by atoms with E-state index < -0.39 is 8.07 Å². The van der Waals surface area contributed by atoms with Gasteiger partial charge >= 0.3 is 0 Å². The Morgan fingerprint density at radius 3 is 2.65 bits per heavy atom. The van der Waals surface area contributed by atoms with E-state index in [9.17, 15) is 5.11 Å².